The highest BCUT2D eigenvalue weighted by Crippen LogP contribution is 2.43. The molecule has 1 heterocycles. The van der Waals surface area contributed by atoms with E-state index in [1.165, 1.54) is 36.5 Å². The van der Waals surface area contributed by atoms with Crippen LogP contribution in [-0.2, 0) is 25.6 Å². The van der Waals surface area contributed by atoms with Crippen LogP contribution in [-0.4, -0.2) is 37.6 Å². The van der Waals surface area contributed by atoms with Crippen LogP contribution in [0.5, 0.6) is 0 Å². The number of hydrogen-bond donors (Lipinski definition) is 0. The van der Waals surface area contributed by atoms with Gasteiger partial charge in [-0.2, -0.15) is 0 Å². The fraction of sp³-hybridized carbons (Fsp3) is 0.308. The first-order valence-corrected chi connectivity index (χ1v) is 10.5. The van der Waals surface area contributed by atoms with Gasteiger partial charge in [0.25, 0.3) is 0 Å². The molecule has 0 amide bonds. The first kappa shape index (κ1) is 21.1. The SMILES string of the molecule is COC(=O)C1=C(C(=O)OC)CC2=C(C1)CC(c1ccccc1)N(Cc1ccccc1)C2. The van der Waals surface area contributed by atoms with E-state index in [0.29, 0.717) is 24.0 Å². The van der Waals surface area contributed by atoms with Crippen LogP contribution in [0.3, 0.4) is 0 Å². The van der Waals surface area contributed by atoms with E-state index in [4.69, 9.17) is 9.47 Å². The van der Waals surface area contributed by atoms with Crippen molar-refractivity contribution in [1.82, 2.24) is 4.90 Å². The fourth-order valence-electron chi connectivity index (χ4n) is 4.62. The molecule has 0 saturated carbocycles. The molecule has 0 spiro atoms. The third kappa shape index (κ3) is 4.47. The quantitative estimate of drug-likeness (QED) is 0.534. The molecule has 5 nitrogen and oxygen atoms in total. The second kappa shape index (κ2) is 9.31. The molecule has 1 unspecified atom stereocenters. The van der Waals surface area contributed by atoms with E-state index in [-0.39, 0.29) is 6.04 Å². The third-order valence-corrected chi connectivity index (χ3v) is 6.20. The normalized spacial score (nSPS) is 19.1. The van der Waals surface area contributed by atoms with Gasteiger partial charge in [0.05, 0.1) is 25.4 Å². The van der Waals surface area contributed by atoms with E-state index in [0.717, 1.165) is 19.5 Å². The Kier molecular flexibility index (Phi) is 6.33. The van der Waals surface area contributed by atoms with Gasteiger partial charge in [0.1, 0.15) is 0 Å². The molecule has 4 rings (SSSR count). The Bertz CT molecular complexity index is 1020. The molecule has 1 aliphatic heterocycles. The zero-order chi connectivity index (χ0) is 21.8. The summed E-state index contributed by atoms with van der Waals surface area (Å²) in [7, 11) is 2.70. The van der Waals surface area contributed by atoms with Gasteiger partial charge < -0.3 is 9.47 Å². The number of esters is 2. The minimum Gasteiger partial charge on any atom is -0.466 e. The monoisotopic (exact) mass is 417 g/mol. The highest BCUT2D eigenvalue weighted by molar-refractivity contribution is 6.01. The maximum Gasteiger partial charge on any atom is 0.334 e. The second-order valence-electron chi connectivity index (χ2n) is 8.02. The Morgan fingerprint density at radius 2 is 1.39 bits per heavy atom. The zero-order valence-corrected chi connectivity index (χ0v) is 18.0. The van der Waals surface area contributed by atoms with Crippen LogP contribution in [0, 0.1) is 0 Å². The number of benzene rings is 2. The van der Waals surface area contributed by atoms with Crippen LogP contribution in [0.4, 0.5) is 0 Å². The Labute approximate surface area is 183 Å². The van der Waals surface area contributed by atoms with Crippen LogP contribution in [0.1, 0.15) is 36.4 Å². The molecule has 0 radical (unpaired) electrons. The molecular formula is C26H27NO4. The van der Waals surface area contributed by atoms with E-state index in [1.807, 2.05) is 12.1 Å². The summed E-state index contributed by atoms with van der Waals surface area (Å²) in [6.07, 6.45) is 1.69. The molecule has 0 aromatic heterocycles. The van der Waals surface area contributed by atoms with Crippen molar-refractivity contribution < 1.29 is 19.1 Å². The highest BCUT2D eigenvalue weighted by Gasteiger charge is 2.36. The molecule has 0 N–H and O–H groups in total. The predicted octanol–water partition coefficient (Wildman–Crippen LogP) is 4.37. The maximum absolute atomic E-state index is 12.4. The molecule has 2 aromatic carbocycles. The zero-order valence-electron chi connectivity index (χ0n) is 18.0. The Hall–Kier alpha value is -3.18. The molecule has 160 valence electrons. The number of nitrogens with zero attached hydrogens (tertiary/aromatic N) is 1. The Balaban J connectivity index is 1.68. The summed E-state index contributed by atoms with van der Waals surface area (Å²) in [5.74, 6) is -0.901. The van der Waals surface area contributed by atoms with Crippen molar-refractivity contribution in [3.05, 3.63) is 94.1 Å². The molecule has 0 fully saturated rings. The van der Waals surface area contributed by atoms with Crippen molar-refractivity contribution in [3.63, 3.8) is 0 Å². The average molecular weight is 418 g/mol. The minimum absolute atomic E-state index is 0.207. The molecule has 2 aromatic rings. The van der Waals surface area contributed by atoms with E-state index in [2.05, 4.69) is 53.4 Å². The first-order chi connectivity index (χ1) is 15.1. The van der Waals surface area contributed by atoms with Gasteiger partial charge in [-0.3, -0.25) is 4.90 Å². The van der Waals surface area contributed by atoms with Gasteiger partial charge in [0.2, 0.25) is 0 Å². The first-order valence-electron chi connectivity index (χ1n) is 10.5. The lowest BCUT2D eigenvalue weighted by atomic mass is 9.79. The van der Waals surface area contributed by atoms with Crippen LogP contribution >= 0.6 is 0 Å². The summed E-state index contributed by atoms with van der Waals surface area (Å²) < 4.78 is 9.93. The van der Waals surface area contributed by atoms with Crippen molar-refractivity contribution >= 4 is 11.9 Å². The third-order valence-electron chi connectivity index (χ3n) is 6.20. The van der Waals surface area contributed by atoms with E-state index in [9.17, 15) is 9.59 Å². The fourth-order valence-corrected chi connectivity index (χ4v) is 4.62. The summed E-state index contributed by atoms with van der Waals surface area (Å²) in [6.45, 7) is 1.57. The van der Waals surface area contributed by atoms with Gasteiger partial charge in [0.15, 0.2) is 0 Å². The van der Waals surface area contributed by atoms with Crippen molar-refractivity contribution in [2.24, 2.45) is 0 Å². The predicted molar refractivity (Wildman–Crippen MR) is 118 cm³/mol. The Morgan fingerprint density at radius 1 is 0.839 bits per heavy atom. The van der Waals surface area contributed by atoms with Gasteiger partial charge in [-0.1, -0.05) is 71.8 Å². The standard InChI is InChI=1S/C26H27NO4/c1-30-25(28)22-13-20-15-24(19-11-7-4-8-12-19)27(16-18-9-5-3-6-10-18)17-21(20)14-23(22)26(29)31-2/h3-12,24H,13-17H2,1-2H3. The van der Waals surface area contributed by atoms with Gasteiger partial charge in [-0.15, -0.1) is 0 Å². The van der Waals surface area contributed by atoms with Crippen molar-refractivity contribution in [3.8, 4) is 0 Å². The van der Waals surface area contributed by atoms with Crippen LogP contribution in [0.15, 0.2) is 83.0 Å². The van der Waals surface area contributed by atoms with Crippen molar-refractivity contribution in [1.29, 1.82) is 0 Å². The van der Waals surface area contributed by atoms with E-state index in [1.54, 1.807) is 0 Å². The number of methoxy groups -OCH3 is 2. The summed E-state index contributed by atoms with van der Waals surface area (Å²) in [6, 6.07) is 21.1. The van der Waals surface area contributed by atoms with Crippen LogP contribution in [0.2, 0.25) is 0 Å². The molecule has 1 atom stereocenters. The molecule has 0 saturated heterocycles. The second-order valence-corrected chi connectivity index (χ2v) is 8.02. The van der Waals surface area contributed by atoms with Gasteiger partial charge >= 0.3 is 11.9 Å². The largest absolute Gasteiger partial charge is 0.466 e. The van der Waals surface area contributed by atoms with Crippen molar-refractivity contribution in [2.75, 3.05) is 20.8 Å². The number of carbonyl (C=O) groups excluding carboxylic acids is 2. The molecule has 31 heavy (non-hydrogen) atoms. The average Bonchev–Trinajstić information content (AvgIpc) is 2.83. The summed E-state index contributed by atoms with van der Waals surface area (Å²) in [5, 5.41) is 0. The number of ether oxygens (including phenoxy) is 2. The maximum atomic E-state index is 12.4. The molecule has 2 aliphatic rings. The number of carbonyl (C=O) groups is 2. The molecule has 1 aliphatic carbocycles. The summed E-state index contributed by atoms with van der Waals surface area (Å²) in [4.78, 5) is 27.3. The summed E-state index contributed by atoms with van der Waals surface area (Å²) in [5.41, 5.74) is 5.79. The van der Waals surface area contributed by atoms with E-state index < -0.39 is 11.9 Å². The topological polar surface area (TPSA) is 55.8 Å². The lowest BCUT2D eigenvalue weighted by Crippen LogP contribution is -2.36. The van der Waals surface area contributed by atoms with Crippen molar-refractivity contribution in [2.45, 2.75) is 31.8 Å². The smallest absolute Gasteiger partial charge is 0.334 e. The van der Waals surface area contributed by atoms with Crippen LogP contribution in [0.25, 0.3) is 0 Å². The number of rotatable bonds is 5. The summed E-state index contributed by atoms with van der Waals surface area (Å²) >= 11 is 0. The lowest BCUT2D eigenvalue weighted by molar-refractivity contribution is -0.139. The molecular weight excluding hydrogens is 390 g/mol. The van der Waals surface area contributed by atoms with Gasteiger partial charge in [-0.05, 0) is 17.5 Å². The Morgan fingerprint density at radius 3 is 1.97 bits per heavy atom. The van der Waals surface area contributed by atoms with Gasteiger partial charge in [-0.25, -0.2) is 9.59 Å². The molecule has 0 bridgehead atoms. The van der Waals surface area contributed by atoms with Crippen LogP contribution < -0.4 is 0 Å². The lowest BCUT2D eigenvalue weighted by Gasteiger charge is -2.40. The highest BCUT2D eigenvalue weighted by atomic mass is 16.5. The van der Waals surface area contributed by atoms with Gasteiger partial charge in [0, 0.05) is 32.0 Å². The van der Waals surface area contributed by atoms with E-state index >= 15 is 0 Å². The molecule has 5 heteroatoms. The minimum atomic E-state index is -0.452. The number of hydrogen-bond acceptors (Lipinski definition) is 5.